The van der Waals surface area contributed by atoms with E-state index in [1.807, 2.05) is 76.2 Å². The van der Waals surface area contributed by atoms with Crippen LogP contribution in [0, 0.1) is 93.2 Å². The van der Waals surface area contributed by atoms with Gasteiger partial charge in [-0.15, -0.1) is 0 Å². The molecule has 0 radical (unpaired) electrons. The molecule has 4 saturated carbocycles. The number of carbonyl (C=O) groups is 8. The molecule has 0 aromatic heterocycles. The molecule has 108 heavy (non-hydrogen) atoms. The first-order valence-electron chi connectivity index (χ1n) is 39.8. The van der Waals surface area contributed by atoms with Crippen molar-refractivity contribution in [3.8, 4) is 0 Å². The maximum absolute atomic E-state index is 16.2. The van der Waals surface area contributed by atoms with Crippen LogP contribution in [-0.4, -0.2) is 197 Å². The van der Waals surface area contributed by atoms with Gasteiger partial charge >= 0.3 is 47.8 Å². The van der Waals surface area contributed by atoms with Crippen LogP contribution in [0.1, 0.15) is 210 Å². The molecule has 10 fully saturated rings. The lowest BCUT2D eigenvalue weighted by Gasteiger charge is -2.64. The third-order valence-electron chi connectivity index (χ3n) is 27.9. The van der Waals surface area contributed by atoms with Crippen molar-refractivity contribution in [2.75, 3.05) is 26.4 Å². The van der Waals surface area contributed by atoms with Gasteiger partial charge in [0.05, 0.1) is 47.6 Å². The molecule has 612 valence electrons. The molecular formula is C81H126O27. The second-order valence-corrected chi connectivity index (χ2v) is 34.7. The highest BCUT2D eigenvalue weighted by molar-refractivity contribution is 5.77. The second-order valence-electron chi connectivity index (χ2n) is 34.7. The number of hydrogen-bond donors (Lipinski definition) is 0. The van der Waals surface area contributed by atoms with E-state index in [1.54, 1.807) is 0 Å². The summed E-state index contributed by atoms with van der Waals surface area (Å²) < 4.78 is 125. The Hall–Kier alpha value is -4.94. The highest BCUT2D eigenvalue weighted by atomic mass is 16.8. The van der Waals surface area contributed by atoms with Crippen LogP contribution in [0.15, 0.2) is 12.2 Å². The number of hydrogen-bond acceptors (Lipinski definition) is 27. The Morgan fingerprint density at radius 2 is 0.750 bits per heavy atom. The fourth-order valence-corrected chi connectivity index (χ4v) is 20.4. The third kappa shape index (κ3) is 17.7. The Balaban J connectivity index is 0.977. The molecule has 0 aromatic carbocycles. The Morgan fingerprint density at radius 1 is 0.370 bits per heavy atom. The molecular weight excluding hydrogens is 1400 g/mol. The molecule has 6 saturated heterocycles. The van der Waals surface area contributed by atoms with Gasteiger partial charge in [0.15, 0.2) is 49.8 Å². The lowest BCUT2D eigenvalue weighted by Crippen LogP contribution is -2.65. The predicted molar refractivity (Wildman–Crippen MR) is 383 cm³/mol. The SMILES string of the molecule is C=C1C[C@@]23CCC4[C@](C)(C(=O)O[C@@H]5OC(COC(C)=O)[C@@H](C)[C@H](O[C@@H]6OC(COC(C)=O)[C@@H](C)[C@H](C)C6OC(C)=O)C5O[C@@H]5OC(C)[C@H](C)[C@H](C)C5OC(C)=O)CCC[C@@]4(C)[C@@H]2CCC1(O[C@@H]1OC(COC(C)=O)[C@@H](C)[C@@H](O[C@@H]2OC(COC(C)=O)[C@@H](C)[C@H](C)C2OC(C)=O)C1O[C@@H]1OC(C)[C@H](C)[C@H](C)C1C)C3. The summed E-state index contributed by atoms with van der Waals surface area (Å²) in [6, 6.07) is 0. The van der Waals surface area contributed by atoms with E-state index in [2.05, 4.69) is 27.7 Å². The molecule has 27 nitrogen and oxygen atoms in total. The molecule has 6 heterocycles. The molecule has 4 aliphatic carbocycles. The molecule has 1 spiro atoms. The largest absolute Gasteiger partial charge is 0.463 e. The van der Waals surface area contributed by atoms with E-state index in [4.69, 9.17) is 96.6 Å². The minimum Gasteiger partial charge on any atom is -0.463 e. The molecule has 27 heteroatoms. The average Bonchev–Trinajstić information content (AvgIpc) is 1.47. The Morgan fingerprint density at radius 3 is 1.21 bits per heavy atom. The van der Waals surface area contributed by atoms with Crippen LogP contribution in [0.3, 0.4) is 0 Å². The Bertz CT molecular complexity index is 3210. The van der Waals surface area contributed by atoms with Crippen molar-refractivity contribution >= 4 is 47.8 Å². The van der Waals surface area contributed by atoms with Gasteiger partial charge in [-0.05, 0) is 130 Å². The minimum absolute atomic E-state index is 0.0592. The summed E-state index contributed by atoms with van der Waals surface area (Å²) in [7, 11) is 0. The Kier molecular flexibility index (Phi) is 27.2. The summed E-state index contributed by atoms with van der Waals surface area (Å²) in [5.41, 5.74) is -2.00. The zero-order valence-corrected chi connectivity index (χ0v) is 67.9. The van der Waals surface area contributed by atoms with E-state index in [-0.39, 0.29) is 97.1 Å². The van der Waals surface area contributed by atoms with E-state index in [0.29, 0.717) is 51.4 Å². The quantitative estimate of drug-likeness (QED) is 0.0397. The fourth-order valence-electron chi connectivity index (χ4n) is 20.4. The maximum atomic E-state index is 16.2. The first kappa shape index (κ1) is 85.5. The van der Waals surface area contributed by atoms with E-state index in [9.17, 15) is 33.6 Å². The first-order valence-corrected chi connectivity index (χ1v) is 39.8. The lowest BCUT2D eigenvalue weighted by atomic mass is 9.41. The third-order valence-corrected chi connectivity index (χ3v) is 27.9. The standard InChI is InChI=1S/C81H126O27/c1-37-31-80-29-25-62-78(22,63(80)26-30-81(37,36-80)108-76-70(105-71-46(10)38(2)39(3)49(13)94-71)65(48(12)61(102-76)35-93-54(18)85)104-74-68(98-57(21)88)45(9)42(6)59(100-74)33-91-52(16)83)27-24-28-79(62,23)77(89)107-75-69(106-72-66(96-55(19)86)43(7)40(4)50(14)95-72)64(47(11)60(101-75)34-92-53(17)84)103-73-67(97-56(20)87)44(8)41(5)58(99-73)32-90-51(15)82/h38-50,58-76H,1,24-36H2,2-23H3/t38-,39+,40+,41-,42-,43-,44-,45-,46?,47+,48+,49?,50?,58?,59?,60?,61?,62?,63-,64-,65+,66?,67?,68?,69?,70?,71-,72-,73-,74-,75-,76-,78+,79+,80+,81?/m0/s1. The topological polar surface area (TPSA) is 312 Å². The van der Waals surface area contributed by atoms with Crippen molar-refractivity contribution < 1.29 is 128 Å². The number of rotatable bonds is 23. The van der Waals surface area contributed by atoms with E-state index >= 15 is 4.79 Å². The van der Waals surface area contributed by atoms with Crippen molar-refractivity contribution in [1.82, 2.24) is 0 Å². The van der Waals surface area contributed by atoms with Gasteiger partial charge in [0.2, 0.25) is 6.29 Å². The highest BCUT2D eigenvalue weighted by Gasteiger charge is 2.70. The summed E-state index contributed by atoms with van der Waals surface area (Å²) in [5.74, 6) is -7.31. The van der Waals surface area contributed by atoms with E-state index in [1.165, 1.54) is 48.5 Å². The van der Waals surface area contributed by atoms with E-state index < -0.39 is 193 Å². The van der Waals surface area contributed by atoms with Crippen LogP contribution in [-0.2, 0) is 128 Å². The summed E-state index contributed by atoms with van der Waals surface area (Å²) >= 11 is 0. The maximum Gasteiger partial charge on any atom is 0.314 e. The van der Waals surface area contributed by atoms with Crippen LogP contribution < -0.4 is 0 Å². The minimum atomic E-state index is -1.60. The molecule has 2 bridgehead atoms. The smallest absolute Gasteiger partial charge is 0.314 e. The molecule has 36 atom stereocenters. The van der Waals surface area contributed by atoms with Crippen LogP contribution >= 0.6 is 0 Å². The molecule has 6 aliphatic heterocycles. The number of esters is 8. The molecule has 14 unspecified atom stereocenters. The molecule has 10 aliphatic rings. The van der Waals surface area contributed by atoms with Gasteiger partial charge in [-0.3, -0.25) is 38.4 Å². The normalized spacial score (nSPS) is 46.5. The van der Waals surface area contributed by atoms with Crippen LogP contribution in [0.4, 0.5) is 0 Å². The average molecular weight is 1530 g/mol. The summed E-state index contributed by atoms with van der Waals surface area (Å²) in [4.78, 5) is 105. The fraction of sp³-hybridized carbons (Fsp3) is 0.877. The first-order chi connectivity index (χ1) is 50.6. The molecule has 0 amide bonds. The van der Waals surface area contributed by atoms with Crippen molar-refractivity contribution in [3.63, 3.8) is 0 Å². The predicted octanol–water partition coefficient (Wildman–Crippen LogP) is 10.6. The summed E-state index contributed by atoms with van der Waals surface area (Å²) in [6.07, 6.45) is -12.9. The van der Waals surface area contributed by atoms with Gasteiger partial charge in [0.1, 0.15) is 50.8 Å². The van der Waals surface area contributed by atoms with Gasteiger partial charge in [-0.2, -0.15) is 0 Å². The van der Waals surface area contributed by atoms with Gasteiger partial charge in [0.25, 0.3) is 0 Å². The van der Waals surface area contributed by atoms with Crippen molar-refractivity contribution in [2.45, 2.75) is 333 Å². The molecule has 10 rings (SSSR count). The molecule has 0 aromatic rings. The zero-order valence-electron chi connectivity index (χ0n) is 67.9. The van der Waals surface area contributed by atoms with Gasteiger partial charge in [-0.1, -0.05) is 96.1 Å². The highest BCUT2D eigenvalue weighted by Crippen LogP contribution is 2.74. The summed E-state index contributed by atoms with van der Waals surface area (Å²) in [6.45, 7) is 43.5. The second kappa shape index (κ2) is 34.4. The van der Waals surface area contributed by atoms with Crippen molar-refractivity contribution in [2.24, 2.45) is 93.2 Å². The van der Waals surface area contributed by atoms with E-state index in [0.717, 1.165) is 12.0 Å². The van der Waals surface area contributed by atoms with Gasteiger partial charge in [-0.25, -0.2) is 0 Å². The van der Waals surface area contributed by atoms with Crippen molar-refractivity contribution in [1.29, 1.82) is 0 Å². The van der Waals surface area contributed by atoms with Crippen LogP contribution in [0.2, 0.25) is 0 Å². The monoisotopic (exact) mass is 1530 g/mol. The van der Waals surface area contributed by atoms with Crippen molar-refractivity contribution in [3.05, 3.63) is 12.2 Å². The van der Waals surface area contributed by atoms with Crippen LogP contribution in [0.25, 0.3) is 0 Å². The molecule has 0 N–H and O–H groups in total. The van der Waals surface area contributed by atoms with Gasteiger partial charge in [0, 0.05) is 84.0 Å². The number of fused-ring (bicyclic) bond motifs is 3. The zero-order chi connectivity index (χ0) is 79.3. The number of ether oxygens (including phenoxy) is 19. The lowest BCUT2D eigenvalue weighted by molar-refractivity contribution is -0.385. The number of carbonyl (C=O) groups excluding carboxylic acids is 8. The summed E-state index contributed by atoms with van der Waals surface area (Å²) in [5, 5.41) is 0. The Labute approximate surface area is 638 Å². The van der Waals surface area contributed by atoms with Crippen LogP contribution in [0.5, 0.6) is 0 Å². The van der Waals surface area contributed by atoms with Gasteiger partial charge < -0.3 is 90.0 Å².